The number of allylic oxidation sites excluding steroid dienone is 2. The molecule has 0 fully saturated rings. The average Bonchev–Trinajstić information content (AvgIpc) is 3.02. The SMILES string of the molecule is CC/C=C1\C(C)B(c2cc([B]c3cc(C)ccc3Nc3ccc(C)cc3)c(N)cc2N)c2cc(C)ccc2N1c1ccc(C)cc1. The third-order valence-corrected chi connectivity index (χ3v) is 9.16. The first-order chi connectivity index (χ1) is 22.1. The zero-order valence-corrected chi connectivity index (χ0v) is 27.9. The molecule has 6 heteroatoms. The molecule has 1 unspecified atom stereocenters. The molecule has 1 radical (unpaired) electrons. The zero-order valence-electron chi connectivity index (χ0n) is 27.9. The Kier molecular flexibility index (Phi) is 8.73. The van der Waals surface area contributed by atoms with Crippen LogP contribution < -0.4 is 43.5 Å². The van der Waals surface area contributed by atoms with Crippen molar-refractivity contribution >= 4 is 70.0 Å². The van der Waals surface area contributed by atoms with Gasteiger partial charge in [0.1, 0.15) is 0 Å². The van der Waals surface area contributed by atoms with Crippen molar-refractivity contribution in [3.8, 4) is 0 Å². The normalized spacial score (nSPS) is 15.2. The van der Waals surface area contributed by atoms with Gasteiger partial charge in [-0.2, -0.15) is 0 Å². The van der Waals surface area contributed by atoms with Gasteiger partial charge in [0.15, 0.2) is 7.28 Å². The fraction of sp³-hybridized carbons (Fsp3) is 0.200. The minimum absolute atomic E-state index is 0.0600. The lowest BCUT2D eigenvalue weighted by Gasteiger charge is -2.42. The first-order valence-electron chi connectivity index (χ1n) is 16.3. The molecule has 6 rings (SSSR count). The first kappa shape index (κ1) is 31.2. The highest BCUT2D eigenvalue weighted by Gasteiger charge is 2.40. The molecule has 46 heavy (non-hydrogen) atoms. The lowest BCUT2D eigenvalue weighted by atomic mass is 9.31. The van der Waals surface area contributed by atoms with Crippen molar-refractivity contribution in [1.82, 2.24) is 0 Å². The topological polar surface area (TPSA) is 67.3 Å². The molecule has 5 aromatic carbocycles. The Hall–Kier alpha value is -4.83. The van der Waals surface area contributed by atoms with E-state index in [2.05, 4.69) is 156 Å². The Balaban J connectivity index is 1.45. The molecule has 229 valence electrons. The number of hydrogen-bond acceptors (Lipinski definition) is 4. The summed E-state index contributed by atoms with van der Waals surface area (Å²) in [5, 5.41) is 3.62. The van der Waals surface area contributed by atoms with Gasteiger partial charge in [0.05, 0.1) is 0 Å². The van der Waals surface area contributed by atoms with Crippen LogP contribution in [0.3, 0.4) is 0 Å². The van der Waals surface area contributed by atoms with Gasteiger partial charge < -0.3 is 21.7 Å². The Bertz CT molecular complexity index is 1910. The van der Waals surface area contributed by atoms with E-state index in [-0.39, 0.29) is 12.5 Å². The molecule has 0 bridgehead atoms. The second kappa shape index (κ2) is 12.9. The summed E-state index contributed by atoms with van der Waals surface area (Å²) < 4.78 is 0. The summed E-state index contributed by atoms with van der Waals surface area (Å²) in [6, 6.07) is 34.8. The van der Waals surface area contributed by atoms with E-state index in [0.717, 1.165) is 39.9 Å². The summed E-state index contributed by atoms with van der Waals surface area (Å²) in [5.74, 6) is 0.173. The second-order valence-corrected chi connectivity index (χ2v) is 12.9. The molecular weight excluding hydrogens is 558 g/mol. The van der Waals surface area contributed by atoms with Crippen LogP contribution in [0.4, 0.5) is 34.1 Å². The van der Waals surface area contributed by atoms with Crippen molar-refractivity contribution in [2.45, 2.75) is 53.8 Å². The molecule has 1 aliphatic rings. The van der Waals surface area contributed by atoms with Gasteiger partial charge in [0.25, 0.3) is 0 Å². The predicted octanol–water partition coefficient (Wildman–Crippen LogP) is 6.93. The van der Waals surface area contributed by atoms with E-state index in [4.69, 9.17) is 11.5 Å². The summed E-state index contributed by atoms with van der Waals surface area (Å²) in [6.07, 6.45) is 3.31. The number of rotatable bonds is 7. The van der Waals surface area contributed by atoms with Crippen LogP contribution in [-0.2, 0) is 0 Å². The van der Waals surface area contributed by atoms with E-state index in [0.29, 0.717) is 5.69 Å². The number of fused-ring (bicyclic) bond motifs is 1. The number of hydrogen-bond donors (Lipinski definition) is 3. The number of benzene rings is 5. The van der Waals surface area contributed by atoms with Gasteiger partial charge >= 0.3 is 0 Å². The van der Waals surface area contributed by atoms with Crippen LogP contribution in [0, 0.1) is 27.7 Å². The first-order valence-corrected chi connectivity index (χ1v) is 16.3. The van der Waals surface area contributed by atoms with Gasteiger partial charge in [0, 0.05) is 39.8 Å². The molecule has 0 aromatic heterocycles. The monoisotopic (exact) mass is 601 g/mol. The van der Waals surface area contributed by atoms with Crippen LogP contribution in [0.2, 0.25) is 5.82 Å². The molecule has 0 saturated carbocycles. The van der Waals surface area contributed by atoms with Gasteiger partial charge in [-0.1, -0.05) is 113 Å². The Labute approximate surface area is 275 Å². The maximum Gasteiger partial charge on any atom is 0.223 e. The van der Waals surface area contributed by atoms with E-state index in [9.17, 15) is 0 Å². The van der Waals surface area contributed by atoms with Crippen molar-refractivity contribution in [1.29, 1.82) is 0 Å². The van der Waals surface area contributed by atoms with Crippen LogP contribution >= 0.6 is 0 Å². The Morgan fingerprint density at radius 1 is 0.717 bits per heavy atom. The molecule has 0 spiro atoms. The highest BCUT2D eigenvalue weighted by Crippen LogP contribution is 2.41. The van der Waals surface area contributed by atoms with Crippen LogP contribution in [0.5, 0.6) is 0 Å². The predicted molar refractivity (Wildman–Crippen MR) is 203 cm³/mol. The summed E-state index contributed by atoms with van der Waals surface area (Å²) in [5.41, 5.74) is 30.0. The summed E-state index contributed by atoms with van der Waals surface area (Å²) in [7, 11) is 2.19. The maximum atomic E-state index is 6.88. The fourth-order valence-corrected chi connectivity index (χ4v) is 6.75. The van der Waals surface area contributed by atoms with E-state index in [1.165, 1.54) is 44.8 Å². The molecule has 0 saturated heterocycles. The number of anilines is 6. The van der Waals surface area contributed by atoms with Gasteiger partial charge in [-0.25, -0.2) is 0 Å². The Morgan fingerprint density at radius 3 is 2.04 bits per heavy atom. The highest BCUT2D eigenvalue weighted by molar-refractivity contribution is 6.90. The third kappa shape index (κ3) is 6.17. The molecule has 5 N–H and O–H groups in total. The Morgan fingerprint density at radius 2 is 1.35 bits per heavy atom. The number of aryl methyl sites for hydroxylation is 4. The standard InChI is InChI=1S/C40H43B2N4/c1-7-8-39-29(6)42(35-22-28(5)14-20-40(35)46(39)31-17-11-26(3)12-18-31)34-23-32(36(43)24-37(34)44)41-33-21-27(4)13-19-38(33)45-30-15-9-25(2)10-16-30/h8-24,29,45H,7,43-44H2,1-6H3/b39-8+. The number of nitrogens with zero attached hydrogens (tertiary/aromatic N) is 1. The molecular formula is C40H43B2N4. The van der Waals surface area contributed by atoms with E-state index in [1.807, 2.05) is 6.07 Å². The highest BCUT2D eigenvalue weighted by atomic mass is 15.2. The van der Waals surface area contributed by atoms with Crippen LogP contribution in [0.1, 0.15) is 42.5 Å². The molecule has 1 heterocycles. The number of nitrogen functional groups attached to an aromatic ring is 2. The molecule has 0 amide bonds. The molecule has 1 aliphatic heterocycles. The lowest BCUT2D eigenvalue weighted by Crippen LogP contribution is -2.54. The summed E-state index contributed by atoms with van der Waals surface area (Å²) in [4.78, 5) is 2.44. The van der Waals surface area contributed by atoms with E-state index in [1.54, 1.807) is 0 Å². The van der Waals surface area contributed by atoms with Gasteiger partial charge in [0.2, 0.25) is 6.71 Å². The van der Waals surface area contributed by atoms with Gasteiger partial charge in [-0.05, 0) is 87.9 Å². The van der Waals surface area contributed by atoms with Gasteiger partial charge in [-0.3, -0.25) is 0 Å². The van der Waals surface area contributed by atoms with Crippen molar-refractivity contribution in [3.63, 3.8) is 0 Å². The van der Waals surface area contributed by atoms with Crippen LogP contribution in [-0.4, -0.2) is 14.0 Å². The quantitative estimate of drug-likeness (QED) is 0.140. The summed E-state index contributed by atoms with van der Waals surface area (Å²) in [6.45, 7) is 13.1. The van der Waals surface area contributed by atoms with Crippen molar-refractivity contribution < 1.29 is 0 Å². The third-order valence-electron chi connectivity index (χ3n) is 9.16. The van der Waals surface area contributed by atoms with Crippen LogP contribution in [0.15, 0.2) is 109 Å². The zero-order chi connectivity index (χ0) is 32.5. The smallest absolute Gasteiger partial charge is 0.223 e. The maximum absolute atomic E-state index is 6.88. The molecule has 0 aliphatic carbocycles. The number of nitrogens with one attached hydrogen (secondary N) is 1. The lowest BCUT2D eigenvalue weighted by molar-refractivity contribution is 0.958. The fourth-order valence-electron chi connectivity index (χ4n) is 6.75. The van der Waals surface area contributed by atoms with Crippen LogP contribution in [0.25, 0.3) is 0 Å². The van der Waals surface area contributed by atoms with Crippen molar-refractivity contribution in [2.75, 3.05) is 21.7 Å². The minimum Gasteiger partial charge on any atom is -0.399 e. The van der Waals surface area contributed by atoms with Crippen molar-refractivity contribution in [3.05, 3.63) is 131 Å². The average molecular weight is 601 g/mol. The molecule has 1 atom stereocenters. The second-order valence-electron chi connectivity index (χ2n) is 12.9. The molecule has 4 nitrogen and oxygen atoms in total. The largest absolute Gasteiger partial charge is 0.399 e. The molecule has 5 aromatic rings. The summed E-state index contributed by atoms with van der Waals surface area (Å²) >= 11 is 0. The van der Waals surface area contributed by atoms with E-state index < -0.39 is 0 Å². The minimum atomic E-state index is 0.0600. The number of nitrogens with two attached hydrogens (primary N) is 2. The van der Waals surface area contributed by atoms with Crippen molar-refractivity contribution in [2.24, 2.45) is 0 Å². The van der Waals surface area contributed by atoms with E-state index >= 15 is 0 Å². The van der Waals surface area contributed by atoms with Gasteiger partial charge in [-0.15, -0.1) is 0 Å².